The van der Waals surface area contributed by atoms with Gasteiger partial charge in [0.25, 0.3) is 0 Å². The molecule has 2 aromatic carbocycles. The lowest BCUT2D eigenvalue weighted by Crippen LogP contribution is -2.59. The van der Waals surface area contributed by atoms with Gasteiger partial charge in [-0.15, -0.1) is 0 Å². The molecule has 1 aliphatic rings. The molecule has 34 heavy (non-hydrogen) atoms. The molecule has 0 heterocycles. The number of carbonyl (C=O) groups excluding carboxylic acids is 2. The Balaban J connectivity index is 1.70. The van der Waals surface area contributed by atoms with Crippen LogP contribution in [0.25, 0.3) is 11.1 Å². The zero-order valence-corrected chi connectivity index (χ0v) is 20.3. The first-order chi connectivity index (χ1) is 16.2. The van der Waals surface area contributed by atoms with E-state index in [-0.39, 0.29) is 24.9 Å². The van der Waals surface area contributed by atoms with Gasteiger partial charge in [-0.2, -0.15) is 0 Å². The van der Waals surface area contributed by atoms with Crippen LogP contribution in [0.2, 0.25) is 0 Å². The van der Waals surface area contributed by atoms with Crippen molar-refractivity contribution in [1.82, 2.24) is 10.6 Å². The van der Waals surface area contributed by atoms with E-state index in [4.69, 9.17) is 4.74 Å². The standard InChI is InChI=1S/C27H34N2O5/c1-5-15-27(4,25(31)32)29-24(30)23(17(3)6-2)28-26(33)34-16-22-20-13-9-7-11-18(20)19-12-8-10-14-21(19)22/h7-14,17,22-23H,5-6,15-16H2,1-4H3,(H,28,33)(H,29,30)(H,31,32)/t17-,23-,27?/m0/s1. The van der Waals surface area contributed by atoms with E-state index < -0.39 is 29.6 Å². The van der Waals surface area contributed by atoms with E-state index in [1.54, 1.807) is 0 Å². The monoisotopic (exact) mass is 466 g/mol. The second-order valence-electron chi connectivity index (χ2n) is 9.21. The molecule has 7 nitrogen and oxygen atoms in total. The SMILES string of the molecule is CCCC(C)(NC(=O)[C@@H](NC(=O)OCC1c2ccccc2-c2ccccc21)[C@@H](C)CC)C(=O)O. The summed E-state index contributed by atoms with van der Waals surface area (Å²) in [5, 5.41) is 14.9. The van der Waals surface area contributed by atoms with Crippen LogP contribution in [-0.2, 0) is 14.3 Å². The minimum absolute atomic E-state index is 0.0890. The Bertz CT molecular complexity index is 1010. The van der Waals surface area contributed by atoms with E-state index in [0.717, 1.165) is 22.3 Å². The number of hydrogen-bond donors (Lipinski definition) is 3. The van der Waals surface area contributed by atoms with Crippen molar-refractivity contribution in [2.75, 3.05) is 6.61 Å². The second kappa shape index (κ2) is 10.7. The maximum Gasteiger partial charge on any atom is 0.407 e. The van der Waals surface area contributed by atoms with Crippen molar-refractivity contribution >= 4 is 18.0 Å². The Hall–Kier alpha value is -3.35. The second-order valence-corrected chi connectivity index (χ2v) is 9.21. The highest BCUT2D eigenvalue weighted by atomic mass is 16.5. The van der Waals surface area contributed by atoms with Gasteiger partial charge in [-0.25, -0.2) is 9.59 Å². The van der Waals surface area contributed by atoms with E-state index >= 15 is 0 Å². The summed E-state index contributed by atoms with van der Waals surface area (Å²) in [5.74, 6) is -1.93. The van der Waals surface area contributed by atoms with Crippen molar-refractivity contribution in [1.29, 1.82) is 0 Å². The number of ether oxygens (including phenoxy) is 1. The van der Waals surface area contributed by atoms with Crippen LogP contribution in [0.4, 0.5) is 4.79 Å². The maximum absolute atomic E-state index is 13.0. The van der Waals surface area contributed by atoms with E-state index in [1.165, 1.54) is 6.92 Å². The number of carboxylic acids is 1. The fraction of sp³-hybridized carbons (Fsp3) is 0.444. The van der Waals surface area contributed by atoms with Gasteiger partial charge in [0.2, 0.25) is 5.91 Å². The number of fused-ring (bicyclic) bond motifs is 3. The third kappa shape index (κ3) is 5.24. The van der Waals surface area contributed by atoms with Gasteiger partial charge in [0.1, 0.15) is 18.2 Å². The first-order valence-corrected chi connectivity index (χ1v) is 11.9. The van der Waals surface area contributed by atoms with Crippen molar-refractivity contribution in [3.63, 3.8) is 0 Å². The Morgan fingerprint density at radius 1 is 1.03 bits per heavy atom. The Morgan fingerprint density at radius 2 is 1.59 bits per heavy atom. The van der Waals surface area contributed by atoms with Crippen LogP contribution < -0.4 is 10.6 Å². The molecule has 0 radical (unpaired) electrons. The molecule has 1 unspecified atom stereocenters. The van der Waals surface area contributed by atoms with Gasteiger partial charge < -0.3 is 20.5 Å². The fourth-order valence-corrected chi connectivity index (χ4v) is 4.54. The van der Waals surface area contributed by atoms with Crippen LogP contribution in [0.15, 0.2) is 48.5 Å². The molecule has 182 valence electrons. The highest BCUT2D eigenvalue weighted by molar-refractivity contribution is 5.91. The Labute approximate surface area is 200 Å². The van der Waals surface area contributed by atoms with E-state index in [9.17, 15) is 19.5 Å². The average Bonchev–Trinajstić information content (AvgIpc) is 3.14. The number of aliphatic carboxylic acids is 1. The molecule has 0 aliphatic heterocycles. The lowest BCUT2D eigenvalue weighted by atomic mass is 9.93. The van der Waals surface area contributed by atoms with Crippen LogP contribution in [0, 0.1) is 5.92 Å². The lowest BCUT2D eigenvalue weighted by Gasteiger charge is -2.30. The minimum atomic E-state index is -1.40. The van der Waals surface area contributed by atoms with Crippen molar-refractivity contribution < 1.29 is 24.2 Å². The van der Waals surface area contributed by atoms with Crippen LogP contribution in [0.3, 0.4) is 0 Å². The molecular formula is C27H34N2O5. The molecule has 3 rings (SSSR count). The first kappa shape index (κ1) is 25.3. The summed E-state index contributed by atoms with van der Waals surface area (Å²) in [5.41, 5.74) is 3.06. The first-order valence-electron chi connectivity index (χ1n) is 11.9. The van der Waals surface area contributed by atoms with Gasteiger partial charge >= 0.3 is 12.1 Å². The molecular weight excluding hydrogens is 432 g/mol. The van der Waals surface area contributed by atoms with Gasteiger partial charge in [-0.05, 0) is 41.5 Å². The zero-order chi connectivity index (χ0) is 24.9. The van der Waals surface area contributed by atoms with Crippen molar-refractivity contribution in [2.24, 2.45) is 5.92 Å². The lowest BCUT2D eigenvalue weighted by molar-refractivity contribution is -0.147. The topological polar surface area (TPSA) is 105 Å². The summed E-state index contributed by atoms with van der Waals surface area (Å²) in [6.45, 7) is 7.22. The number of nitrogens with one attached hydrogen (secondary N) is 2. The molecule has 1 aliphatic carbocycles. The average molecular weight is 467 g/mol. The van der Waals surface area contributed by atoms with E-state index in [0.29, 0.717) is 12.8 Å². The van der Waals surface area contributed by atoms with Crippen LogP contribution in [0.1, 0.15) is 64.0 Å². The number of amides is 2. The molecule has 3 N–H and O–H groups in total. The smallest absolute Gasteiger partial charge is 0.407 e. The van der Waals surface area contributed by atoms with E-state index in [1.807, 2.05) is 57.2 Å². The Kier molecular flexibility index (Phi) is 7.97. The normalized spacial score (nSPS) is 15.9. The maximum atomic E-state index is 13.0. The van der Waals surface area contributed by atoms with Gasteiger partial charge in [0.15, 0.2) is 0 Å². The van der Waals surface area contributed by atoms with Crippen LogP contribution in [-0.4, -0.2) is 41.3 Å². The third-order valence-electron chi connectivity index (χ3n) is 6.73. The number of rotatable bonds is 10. The number of benzene rings is 2. The summed E-state index contributed by atoms with van der Waals surface area (Å²) in [7, 11) is 0. The minimum Gasteiger partial charge on any atom is -0.480 e. The van der Waals surface area contributed by atoms with Crippen molar-refractivity contribution in [2.45, 2.75) is 64.5 Å². The molecule has 0 aromatic heterocycles. The number of alkyl carbamates (subject to hydrolysis) is 1. The Morgan fingerprint density at radius 3 is 2.09 bits per heavy atom. The zero-order valence-electron chi connectivity index (χ0n) is 20.3. The van der Waals surface area contributed by atoms with Crippen LogP contribution >= 0.6 is 0 Å². The fourth-order valence-electron chi connectivity index (χ4n) is 4.54. The summed E-state index contributed by atoms with van der Waals surface area (Å²) < 4.78 is 5.59. The molecule has 0 spiro atoms. The van der Waals surface area contributed by atoms with Gasteiger partial charge in [-0.3, -0.25) is 4.79 Å². The molecule has 2 amide bonds. The van der Waals surface area contributed by atoms with Gasteiger partial charge in [0.05, 0.1) is 0 Å². The number of carboxylic acid groups (broad SMARTS) is 1. The van der Waals surface area contributed by atoms with Crippen LogP contribution in [0.5, 0.6) is 0 Å². The molecule has 0 fully saturated rings. The number of hydrogen-bond acceptors (Lipinski definition) is 4. The number of carbonyl (C=O) groups is 3. The van der Waals surface area contributed by atoms with Gasteiger partial charge in [0, 0.05) is 5.92 Å². The van der Waals surface area contributed by atoms with Crippen molar-refractivity contribution in [3.8, 4) is 11.1 Å². The third-order valence-corrected chi connectivity index (χ3v) is 6.73. The molecule has 0 bridgehead atoms. The summed E-state index contributed by atoms with van der Waals surface area (Å²) in [6.07, 6.45) is 0.803. The quantitative estimate of drug-likeness (QED) is 0.471. The predicted molar refractivity (Wildman–Crippen MR) is 131 cm³/mol. The summed E-state index contributed by atoms with van der Waals surface area (Å²) in [4.78, 5) is 37.5. The van der Waals surface area contributed by atoms with Crippen molar-refractivity contribution in [3.05, 3.63) is 59.7 Å². The molecule has 0 saturated carbocycles. The molecule has 7 heteroatoms. The van der Waals surface area contributed by atoms with E-state index in [2.05, 4.69) is 22.8 Å². The molecule has 3 atom stereocenters. The van der Waals surface area contributed by atoms with Gasteiger partial charge in [-0.1, -0.05) is 82.1 Å². The largest absolute Gasteiger partial charge is 0.480 e. The highest BCUT2D eigenvalue weighted by Crippen LogP contribution is 2.44. The highest BCUT2D eigenvalue weighted by Gasteiger charge is 2.38. The summed E-state index contributed by atoms with van der Waals surface area (Å²) in [6, 6.07) is 15.2. The molecule has 2 aromatic rings. The molecule has 0 saturated heterocycles. The predicted octanol–water partition coefficient (Wildman–Crippen LogP) is 4.70. The summed E-state index contributed by atoms with van der Waals surface area (Å²) >= 11 is 0.